The van der Waals surface area contributed by atoms with Gasteiger partial charge in [-0.1, -0.05) is 20.8 Å². The molecule has 1 saturated carbocycles. The highest BCUT2D eigenvalue weighted by Crippen LogP contribution is 2.42. The summed E-state index contributed by atoms with van der Waals surface area (Å²) in [6.45, 7) is 12.6. The fraction of sp³-hybridized carbons (Fsp3) is 0.929. The first kappa shape index (κ1) is 13.5. The number of hydrogen-bond donors (Lipinski definition) is 0. The Hall–Kier alpha value is -0.530. The molecule has 0 aliphatic heterocycles. The maximum Gasteiger partial charge on any atom is 0.309 e. The van der Waals surface area contributed by atoms with Gasteiger partial charge in [-0.05, 0) is 51.4 Å². The molecule has 0 aromatic carbocycles. The van der Waals surface area contributed by atoms with E-state index in [0.717, 1.165) is 18.8 Å². The van der Waals surface area contributed by atoms with Crippen LogP contribution < -0.4 is 0 Å². The van der Waals surface area contributed by atoms with Crippen LogP contribution in [0.1, 0.15) is 60.8 Å². The number of hydrogen-bond acceptors (Lipinski definition) is 2. The van der Waals surface area contributed by atoms with Crippen molar-refractivity contribution in [1.82, 2.24) is 0 Å². The topological polar surface area (TPSA) is 26.3 Å². The van der Waals surface area contributed by atoms with E-state index in [1.54, 1.807) is 0 Å². The molecule has 0 amide bonds. The molecule has 16 heavy (non-hydrogen) atoms. The summed E-state index contributed by atoms with van der Waals surface area (Å²) in [5.41, 5.74) is 0.0375. The Labute approximate surface area is 99.8 Å². The first-order valence-corrected chi connectivity index (χ1v) is 6.30. The van der Waals surface area contributed by atoms with Crippen LogP contribution in [0.25, 0.3) is 0 Å². The van der Waals surface area contributed by atoms with E-state index in [2.05, 4.69) is 20.8 Å². The Kier molecular flexibility index (Phi) is 3.71. The standard InChI is InChI=1S/C14H26O2/c1-13(2,3)9-10-7-11(8-10)12(15)16-14(4,5)6/h10-11H,7-9H2,1-6H3. The zero-order valence-corrected chi connectivity index (χ0v) is 11.6. The molecule has 0 radical (unpaired) electrons. The van der Waals surface area contributed by atoms with E-state index >= 15 is 0 Å². The lowest BCUT2D eigenvalue weighted by atomic mass is 9.68. The molecule has 0 spiro atoms. The molecule has 94 valence electrons. The van der Waals surface area contributed by atoms with Gasteiger partial charge in [0, 0.05) is 0 Å². The molecule has 0 bridgehead atoms. The molecule has 1 fully saturated rings. The van der Waals surface area contributed by atoms with Gasteiger partial charge in [0.1, 0.15) is 5.60 Å². The molecule has 0 N–H and O–H groups in total. The molecule has 0 atom stereocenters. The number of carbonyl (C=O) groups excluding carboxylic acids is 1. The van der Waals surface area contributed by atoms with Crippen molar-refractivity contribution in [3.8, 4) is 0 Å². The van der Waals surface area contributed by atoms with E-state index in [4.69, 9.17) is 4.74 Å². The van der Waals surface area contributed by atoms with Crippen LogP contribution in [0.3, 0.4) is 0 Å². The van der Waals surface area contributed by atoms with Gasteiger partial charge >= 0.3 is 5.97 Å². The van der Waals surface area contributed by atoms with E-state index in [9.17, 15) is 4.79 Å². The van der Waals surface area contributed by atoms with Crippen LogP contribution in [0, 0.1) is 17.3 Å². The normalized spacial score (nSPS) is 26.1. The molecule has 0 aromatic heterocycles. The second kappa shape index (κ2) is 4.38. The van der Waals surface area contributed by atoms with Crippen LogP contribution >= 0.6 is 0 Å². The van der Waals surface area contributed by atoms with Crippen molar-refractivity contribution in [3.05, 3.63) is 0 Å². The van der Waals surface area contributed by atoms with Crippen molar-refractivity contribution in [2.45, 2.75) is 66.4 Å². The summed E-state index contributed by atoms with van der Waals surface area (Å²) in [7, 11) is 0. The number of esters is 1. The quantitative estimate of drug-likeness (QED) is 0.670. The third kappa shape index (κ3) is 4.54. The number of ether oxygens (including phenoxy) is 1. The molecule has 1 aliphatic carbocycles. The Morgan fingerprint density at radius 1 is 1.12 bits per heavy atom. The average molecular weight is 226 g/mol. The second-order valence-electron chi connectivity index (χ2n) is 7.33. The van der Waals surface area contributed by atoms with Crippen LogP contribution in [0.5, 0.6) is 0 Å². The van der Waals surface area contributed by atoms with Gasteiger partial charge in [-0.15, -0.1) is 0 Å². The van der Waals surface area contributed by atoms with E-state index in [1.807, 2.05) is 20.8 Å². The minimum absolute atomic E-state index is 0.00217. The summed E-state index contributed by atoms with van der Waals surface area (Å²) < 4.78 is 5.38. The van der Waals surface area contributed by atoms with Crippen LogP contribution in [0.4, 0.5) is 0 Å². The molecular formula is C14H26O2. The third-order valence-electron chi connectivity index (χ3n) is 2.88. The lowest BCUT2D eigenvalue weighted by Crippen LogP contribution is -2.37. The summed E-state index contributed by atoms with van der Waals surface area (Å²) in [5.74, 6) is 0.877. The minimum atomic E-state index is -0.341. The minimum Gasteiger partial charge on any atom is -0.460 e. The van der Waals surface area contributed by atoms with Crippen molar-refractivity contribution < 1.29 is 9.53 Å². The van der Waals surface area contributed by atoms with E-state index < -0.39 is 0 Å². The first-order chi connectivity index (χ1) is 7.07. The van der Waals surface area contributed by atoms with Crippen molar-refractivity contribution in [2.24, 2.45) is 17.3 Å². The van der Waals surface area contributed by atoms with Crippen LogP contribution in [0.2, 0.25) is 0 Å². The van der Waals surface area contributed by atoms with Gasteiger partial charge in [0.2, 0.25) is 0 Å². The maximum absolute atomic E-state index is 11.7. The summed E-state index contributed by atoms with van der Waals surface area (Å²) in [6, 6.07) is 0. The molecule has 2 heteroatoms. The fourth-order valence-corrected chi connectivity index (χ4v) is 2.35. The van der Waals surface area contributed by atoms with Crippen LogP contribution in [0.15, 0.2) is 0 Å². The summed E-state index contributed by atoms with van der Waals surface area (Å²) in [6.07, 6.45) is 3.25. The van der Waals surface area contributed by atoms with E-state index in [1.165, 1.54) is 6.42 Å². The number of rotatable bonds is 2. The smallest absolute Gasteiger partial charge is 0.309 e. The average Bonchev–Trinajstić information content (AvgIpc) is 1.89. The molecular weight excluding hydrogens is 200 g/mol. The van der Waals surface area contributed by atoms with Gasteiger partial charge in [0.05, 0.1) is 5.92 Å². The van der Waals surface area contributed by atoms with Gasteiger partial charge in [-0.3, -0.25) is 4.79 Å². The van der Waals surface area contributed by atoms with E-state index in [0.29, 0.717) is 5.41 Å². The van der Waals surface area contributed by atoms with Crippen molar-refractivity contribution in [1.29, 1.82) is 0 Å². The summed E-state index contributed by atoms with van der Waals surface area (Å²) in [4.78, 5) is 11.7. The summed E-state index contributed by atoms with van der Waals surface area (Å²) >= 11 is 0. The van der Waals surface area contributed by atoms with Crippen LogP contribution in [-0.2, 0) is 9.53 Å². The van der Waals surface area contributed by atoms with Crippen molar-refractivity contribution in [2.75, 3.05) is 0 Å². The lowest BCUT2D eigenvalue weighted by Gasteiger charge is -2.38. The zero-order valence-electron chi connectivity index (χ0n) is 11.6. The highest BCUT2D eigenvalue weighted by molar-refractivity contribution is 5.73. The zero-order chi connectivity index (χ0) is 12.6. The second-order valence-corrected chi connectivity index (χ2v) is 7.33. The predicted molar refractivity (Wildman–Crippen MR) is 66.1 cm³/mol. The maximum atomic E-state index is 11.7. The highest BCUT2D eigenvalue weighted by atomic mass is 16.6. The highest BCUT2D eigenvalue weighted by Gasteiger charge is 2.38. The molecule has 0 heterocycles. The van der Waals surface area contributed by atoms with Gasteiger partial charge in [-0.25, -0.2) is 0 Å². The monoisotopic (exact) mass is 226 g/mol. The van der Waals surface area contributed by atoms with Gasteiger partial charge in [0.25, 0.3) is 0 Å². The van der Waals surface area contributed by atoms with Crippen molar-refractivity contribution >= 4 is 5.97 Å². The predicted octanol–water partition coefficient (Wildman–Crippen LogP) is 3.79. The van der Waals surface area contributed by atoms with E-state index in [-0.39, 0.29) is 17.5 Å². The fourth-order valence-electron chi connectivity index (χ4n) is 2.35. The van der Waals surface area contributed by atoms with Crippen molar-refractivity contribution in [3.63, 3.8) is 0 Å². The molecule has 1 aliphatic rings. The van der Waals surface area contributed by atoms with Gasteiger partial charge in [0.15, 0.2) is 0 Å². The number of carbonyl (C=O) groups is 1. The molecule has 0 unspecified atom stereocenters. The van der Waals surface area contributed by atoms with Gasteiger partial charge < -0.3 is 4.74 Å². The molecule has 2 nitrogen and oxygen atoms in total. The molecule has 0 aromatic rings. The molecule has 1 rings (SSSR count). The lowest BCUT2D eigenvalue weighted by molar-refractivity contribution is -0.165. The first-order valence-electron chi connectivity index (χ1n) is 6.30. The summed E-state index contributed by atoms with van der Waals surface area (Å²) in [5, 5.41) is 0. The van der Waals surface area contributed by atoms with Gasteiger partial charge in [-0.2, -0.15) is 0 Å². The Morgan fingerprint density at radius 3 is 2.00 bits per heavy atom. The largest absolute Gasteiger partial charge is 0.460 e. The SMILES string of the molecule is CC(C)(C)CC1CC(C(=O)OC(C)(C)C)C1. The van der Waals surface area contributed by atoms with Crippen LogP contribution in [-0.4, -0.2) is 11.6 Å². The third-order valence-corrected chi connectivity index (χ3v) is 2.88. The molecule has 0 saturated heterocycles. The Bertz CT molecular complexity index is 249. The Morgan fingerprint density at radius 2 is 1.62 bits per heavy atom. The Balaban J connectivity index is 2.28.